The molecule has 2 saturated carbocycles. The van der Waals surface area contributed by atoms with Crippen molar-refractivity contribution < 1.29 is 41.7 Å². The Labute approximate surface area is 258 Å². The monoisotopic (exact) mass is 622 g/mol. The number of benzene rings is 2. The molecule has 2 fully saturated rings. The molecule has 0 saturated heterocycles. The molecule has 0 amide bonds. The number of hydrogen-bond donors (Lipinski definition) is 1. The van der Waals surface area contributed by atoms with Gasteiger partial charge in [0.2, 0.25) is 11.6 Å². The first-order valence-corrected chi connectivity index (χ1v) is 15.7. The molecule has 5 nitrogen and oxygen atoms in total. The topological polar surface area (TPSA) is 65.0 Å². The van der Waals surface area contributed by atoms with Gasteiger partial charge in [-0.2, -0.15) is 8.78 Å². The number of hydrogen-bond acceptors (Lipinski definition) is 5. The van der Waals surface area contributed by atoms with Crippen LogP contribution in [-0.4, -0.2) is 38.5 Å². The number of phenolic OH excluding ortho intramolecular Hbond substituents is 1. The molecule has 0 radical (unpaired) electrons. The molecular weight excluding hydrogens is 576 g/mol. The Morgan fingerprint density at radius 1 is 0.795 bits per heavy atom. The molecular formula is C35H46F4O5. The molecule has 0 aliphatic heterocycles. The van der Waals surface area contributed by atoms with E-state index in [1.54, 1.807) is 0 Å². The lowest BCUT2D eigenvalue weighted by Gasteiger charge is -2.28. The number of carbonyl (C=O) groups is 1. The number of halogens is 4. The van der Waals surface area contributed by atoms with E-state index >= 15 is 0 Å². The maximum Gasteiger partial charge on any atom is 0.201 e. The molecule has 1 N–H and O–H groups in total. The smallest absolute Gasteiger partial charge is 0.201 e. The highest BCUT2D eigenvalue weighted by Gasteiger charge is 2.29. The van der Waals surface area contributed by atoms with Crippen molar-refractivity contribution in [3.05, 3.63) is 64.2 Å². The number of methoxy groups -OCH3 is 1. The van der Waals surface area contributed by atoms with Gasteiger partial charge in [0.05, 0.1) is 18.8 Å². The minimum Gasteiger partial charge on any atom is -0.504 e. The second kappa shape index (κ2) is 17.5. The van der Waals surface area contributed by atoms with E-state index in [9.17, 15) is 27.5 Å². The summed E-state index contributed by atoms with van der Waals surface area (Å²) in [6, 6.07) is 2.96. The first kappa shape index (κ1) is 35.6. The fourth-order valence-electron chi connectivity index (χ4n) is 6.36. The van der Waals surface area contributed by atoms with Crippen molar-refractivity contribution in [2.45, 2.75) is 89.9 Å². The predicted molar refractivity (Wildman–Crippen MR) is 163 cm³/mol. The first-order chi connectivity index (χ1) is 21.2. The van der Waals surface area contributed by atoms with Gasteiger partial charge in [-0.1, -0.05) is 39.3 Å². The van der Waals surface area contributed by atoms with Gasteiger partial charge >= 0.3 is 0 Å². The Kier molecular flexibility index (Phi) is 14.2. The summed E-state index contributed by atoms with van der Waals surface area (Å²) < 4.78 is 71.7. The molecule has 44 heavy (non-hydrogen) atoms. The van der Waals surface area contributed by atoms with Crippen molar-refractivity contribution in [1.29, 1.82) is 0 Å². The summed E-state index contributed by atoms with van der Waals surface area (Å²) >= 11 is 0. The number of aromatic hydroxyl groups is 1. The van der Waals surface area contributed by atoms with E-state index in [-0.39, 0.29) is 41.9 Å². The fraction of sp³-hybridized carbons (Fsp3) is 0.571. The SMILES string of the molecule is C=Cc1cc(C2CCC(CC)CC2)c(F)c(F)c1O.CCC1CCC(c2cc(C=O)c(OCOCCOC)c(F)c2F)CC1. The Balaban J connectivity index is 0.000000249. The standard InChI is InChI=1S/C19H26F2O4.C16H20F2O/c1-3-13-4-6-14(7-5-13)16-10-15(11-22)19(18(21)17(16)20)25-12-24-9-8-23-2;1-3-10-5-7-12(8-6-10)13-9-11(4-2)16(19)15(18)14(13)17/h10-11,13-14H,3-9,12H2,1-2H3;4,9-10,12,19H,2-3,5-8H2,1H3. The largest absolute Gasteiger partial charge is 0.504 e. The number of aldehydes is 1. The lowest BCUT2D eigenvalue weighted by molar-refractivity contribution is -0.0105. The molecule has 0 spiro atoms. The van der Waals surface area contributed by atoms with Crippen LogP contribution in [-0.2, 0) is 9.47 Å². The van der Waals surface area contributed by atoms with Crippen molar-refractivity contribution in [1.82, 2.24) is 0 Å². The molecule has 9 heteroatoms. The zero-order chi connectivity index (χ0) is 32.2. The number of rotatable bonds is 12. The summed E-state index contributed by atoms with van der Waals surface area (Å²) in [5.74, 6) is -3.76. The summed E-state index contributed by atoms with van der Waals surface area (Å²) in [7, 11) is 1.52. The molecule has 2 aromatic rings. The molecule has 0 heterocycles. The highest BCUT2D eigenvalue weighted by molar-refractivity contribution is 5.80. The van der Waals surface area contributed by atoms with Crippen LogP contribution < -0.4 is 4.74 Å². The van der Waals surface area contributed by atoms with Gasteiger partial charge in [0.25, 0.3) is 0 Å². The van der Waals surface area contributed by atoms with Gasteiger partial charge in [0.15, 0.2) is 36.2 Å². The highest BCUT2D eigenvalue weighted by atomic mass is 19.2. The van der Waals surface area contributed by atoms with Crippen LogP contribution in [0.15, 0.2) is 18.7 Å². The van der Waals surface area contributed by atoms with E-state index in [4.69, 9.17) is 14.2 Å². The third kappa shape index (κ3) is 8.84. The van der Waals surface area contributed by atoms with E-state index in [1.165, 1.54) is 25.3 Å². The van der Waals surface area contributed by atoms with Crippen molar-refractivity contribution in [2.24, 2.45) is 11.8 Å². The van der Waals surface area contributed by atoms with Gasteiger partial charge in [-0.15, -0.1) is 0 Å². The molecule has 244 valence electrons. The molecule has 2 aliphatic carbocycles. The van der Waals surface area contributed by atoms with Gasteiger partial charge in [0, 0.05) is 12.7 Å². The van der Waals surface area contributed by atoms with E-state index in [1.807, 2.05) is 0 Å². The third-order valence-corrected chi connectivity index (χ3v) is 9.25. The van der Waals surface area contributed by atoms with E-state index < -0.39 is 34.8 Å². The Hall–Kier alpha value is -2.91. The third-order valence-electron chi connectivity index (χ3n) is 9.25. The molecule has 0 unspecified atom stereocenters. The average Bonchev–Trinajstić information content (AvgIpc) is 3.06. The fourth-order valence-corrected chi connectivity index (χ4v) is 6.36. The maximum absolute atomic E-state index is 14.5. The van der Waals surface area contributed by atoms with Crippen LogP contribution in [0.4, 0.5) is 17.6 Å². The summed E-state index contributed by atoms with van der Waals surface area (Å²) in [5.41, 5.74) is 0.954. The predicted octanol–water partition coefficient (Wildman–Crippen LogP) is 9.46. The van der Waals surface area contributed by atoms with Crippen molar-refractivity contribution in [3.63, 3.8) is 0 Å². The van der Waals surface area contributed by atoms with E-state index in [0.717, 1.165) is 64.2 Å². The molecule has 4 rings (SSSR count). The maximum atomic E-state index is 14.5. The van der Waals surface area contributed by atoms with Crippen LogP contribution in [0.3, 0.4) is 0 Å². The number of carbonyl (C=O) groups excluding carboxylic acids is 1. The normalized spacial score (nSPS) is 21.7. The number of phenols is 1. The second-order valence-corrected chi connectivity index (χ2v) is 11.8. The average molecular weight is 623 g/mol. The van der Waals surface area contributed by atoms with Crippen molar-refractivity contribution in [2.75, 3.05) is 27.1 Å². The Morgan fingerprint density at radius 2 is 1.30 bits per heavy atom. The van der Waals surface area contributed by atoms with Crippen LogP contribution in [0.5, 0.6) is 11.5 Å². The number of ether oxygens (including phenoxy) is 3. The van der Waals surface area contributed by atoms with Gasteiger partial charge in [-0.25, -0.2) is 8.78 Å². The molecule has 2 aromatic carbocycles. The zero-order valence-electron chi connectivity index (χ0n) is 26.1. The van der Waals surface area contributed by atoms with Gasteiger partial charge in [-0.3, -0.25) is 4.79 Å². The summed E-state index contributed by atoms with van der Waals surface area (Å²) in [4.78, 5) is 11.3. The van der Waals surface area contributed by atoms with Crippen molar-refractivity contribution >= 4 is 12.4 Å². The molecule has 0 aromatic heterocycles. The van der Waals surface area contributed by atoms with Crippen molar-refractivity contribution in [3.8, 4) is 11.5 Å². The molecule has 2 aliphatic rings. The minimum atomic E-state index is -1.15. The van der Waals surface area contributed by atoms with Crippen LogP contribution in [0, 0.1) is 35.1 Å². The molecule has 0 bridgehead atoms. The Bertz CT molecular complexity index is 1230. The van der Waals surface area contributed by atoms with Crippen LogP contribution in [0.25, 0.3) is 6.08 Å². The summed E-state index contributed by atoms with van der Waals surface area (Å²) in [6.07, 6.45) is 11.6. The highest BCUT2D eigenvalue weighted by Crippen LogP contribution is 2.42. The first-order valence-electron chi connectivity index (χ1n) is 15.7. The van der Waals surface area contributed by atoms with Crippen LogP contribution in [0.1, 0.15) is 117 Å². The van der Waals surface area contributed by atoms with Gasteiger partial charge in [0.1, 0.15) is 0 Å². The van der Waals surface area contributed by atoms with Crippen LogP contribution >= 0.6 is 0 Å². The van der Waals surface area contributed by atoms with Gasteiger partial charge in [-0.05, 0) is 98.3 Å². The lowest BCUT2D eigenvalue weighted by Crippen LogP contribution is -2.16. The van der Waals surface area contributed by atoms with E-state index in [0.29, 0.717) is 30.3 Å². The van der Waals surface area contributed by atoms with Gasteiger partial charge < -0.3 is 19.3 Å². The Morgan fingerprint density at radius 3 is 1.75 bits per heavy atom. The summed E-state index contributed by atoms with van der Waals surface area (Å²) in [5, 5.41) is 9.50. The lowest BCUT2D eigenvalue weighted by atomic mass is 9.77. The molecule has 0 atom stereocenters. The summed E-state index contributed by atoms with van der Waals surface area (Å²) in [6.45, 7) is 8.19. The van der Waals surface area contributed by atoms with Crippen LogP contribution in [0.2, 0.25) is 0 Å². The quantitative estimate of drug-likeness (QED) is 0.111. The van der Waals surface area contributed by atoms with E-state index in [2.05, 4.69) is 20.4 Å². The zero-order valence-corrected chi connectivity index (χ0v) is 26.1. The minimum absolute atomic E-state index is 0.0156. The second-order valence-electron chi connectivity index (χ2n) is 11.8.